The van der Waals surface area contributed by atoms with Crippen molar-refractivity contribution in [2.45, 2.75) is 20.3 Å². The Hall–Kier alpha value is -0.0800. The lowest BCUT2D eigenvalue weighted by molar-refractivity contribution is 1.17. The lowest BCUT2D eigenvalue weighted by Gasteiger charge is -2.07. The Morgan fingerprint density at radius 3 is 2.62 bits per heavy atom. The second-order valence-electron chi connectivity index (χ2n) is 3.55. The van der Waals surface area contributed by atoms with Gasteiger partial charge in [-0.2, -0.15) is 0 Å². The first-order valence-corrected chi connectivity index (χ1v) is 5.83. The van der Waals surface area contributed by atoms with Crippen LogP contribution in [0.15, 0.2) is 20.6 Å². The first-order chi connectivity index (χ1) is 6.09. The number of allylic oxidation sites excluding steroid dienone is 1. The van der Waals surface area contributed by atoms with Gasteiger partial charge in [0.2, 0.25) is 0 Å². The van der Waals surface area contributed by atoms with E-state index >= 15 is 0 Å². The van der Waals surface area contributed by atoms with Gasteiger partial charge in [-0.3, -0.25) is 0 Å². The smallest absolute Gasteiger partial charge is 0.0280 e. The lowest BCUT2D eigenvalue weighted by atomic mass is 10.1. The maximum absolute atomic E-state index is 3.63. The molecule has 1 aliphatic carbocycles. The predicted molar refractivity (Wildman–Crippen MR) is 63.9 cm³/mol. The third-order valence-electron chi connectivity index (χ3n) is 2.39. The molecule has 0 N–H and O–H groups in total. The number of fused-ring (bicyclic) bond motifs is 1. The highest BCUT2D eigenvalue weighted by atomic mass is 79.9. The SMILES string of the molecule is CC1=Cc2c(Br)c(C)cc(Br)c2C1. The first kappa shape index (κ1) is 9.47. The van der Waals surface area contributed by atoms with E-state index in [9.17, 15) is 0 Å². The third-order valence-corrected chi connectivity index (χ3v) is 4.15. The monoisotopic (exact) mass is 300 g/mol. The van der Waals surface area contributed by atoms with Crippen molar-refractivity contribution in [3.63, 3.8) is 0 Å². The molecule has 0 radical (unpaired) electrons. The summed E-state index contributed by atoms with van der Waals surface area (Å²) in [5, 5.41) is 0. The number of halogens is 2. The van der Waals surface area contributed by atoms with Gasteiger partial charge in [-0.1, -0.05) is 27.6 Å². The molecule has 0 amide bonds. The molecule has 1 aromatic rings. The van der Waals surface area contributed by atoms with Gasteiger partial charge >= 0.3 is 0 Å². The van der Waals surface area contributed by atoms with Gasteiger partial charge in [0.25, 0.3) is 0 Å². The molecule has 0 unspecified atom stereocenters. The van der Waals surface area contributed by atoms with Crippen LogP contribution in [-0.2, 0) is 6.42 Å². The summed E-state index contributed by atoms with van der Waals surface area (Å²) in [5.74, 6) is 0. The van der Waals surface area contributed by atoms with Gasteiger partial charge in [0.15, 0.2) is 0 Å². The number of hydrogen-bond donors (Lipinski definition) is 0. The van der Waals surface area contributed by atoms with Crippen LogP contribution in [0, 0.1) is 6.92 Å². The van der Waals surface area contributed by atoms with Gasteiger partial charge in [0.1, 0.15) is 0 Å². The molecule has 0 fully saturated rings. The summed E-state index contributed by atoms with van der Waals surface area (Å²) >= 11 is 7.23. The molecule has 1 aromatic carbocycles. The van der Waals surface area contributed by atoms with Crippen molar-refractivity contribution in [2.75, 3.05) is 0 Å². The second kappa shape index (κ2) is 3.25. The summed E-state index contributed by atoms with van der Waals surface area (Å²) in [6.45, 7) is 4.30. The maximum atomic E-state index is 3.63. The van der Waals surface area contributed by atoms with E-state index < -0.39 is 0 Å². The van der Waals surface area contributed by atoms with Crippen LogP contribution < -0.4 is 0 Å². The highest BCUT2D eigenvalue weighted by Gasteiger charge is 2.16. The summed E-state index contributed by atoms with van der Waals surface area (Å²) in [4.78, 5) is 0. The Morgan fingerprint density at radius 2 is 1.92 bits per heavy atom. The van der Waals surface area contributed by atoms with Crippen molar-refractivity contribution < 1.29 is 0 Å². The number of aryl methyl sites for hydroxylation is 1. The van der Waals surface area contributed by atoms with Crippen LogP contribution >= 0.6 is 31.9 Å². The largest absolute Gasteiger partial charge is 0.0682 e. The van der Waals surface area contributed by atoms with Gasteiger partial charge in [-0.25, -0.2) is 0 Å². The van der Waals surface area contributed by atoms with E-state index in [1.54, 1.807) is 0 Å². The fraction of sp³-hybridized carbons (Fsp3) is 0.273. The molecule has 13 heavy (non-hydrogen) atoms. The summed E-state index contributed by atoms with van der Waals surface area (Å²) in [6, 6.07) is 2.18. The zero-order valence-corrected chi connectivity index (χ0v) is 10.8. The molecule has 0 atom stereocenters. The standard InChI is InChI=1S/C11H10Br2/c1-6-3-8-9(4-6)11(13)7(2)5-10(8)12/h4-5H,3H2,1-2H3. The molecule has 0 aliphatic heterocycles. The van der Waals surface area contributed by atoms with Crippen LogP contribution in [0.3, 0.4) is 0 Å². The summed E-state index contributed by atoms with van der Waals surface area (Å²) in [6.07, 6.45) is 3.34. The number of benzene rings is 1. The third kappa shape index (κ3) is 1.50. The zero-order valence-electron chi connectivity index (χ0n) is 7.62. The fourth-order valence-corrected chi connectivity index (χ4v) is 2.89. The van der Waals surface area contributed by atoms with Crippen molar-refractivity contribution in [1.29, 1.82) is 0 Å². The van der Waals surface area contributed by atoms with Crippen LogP contribution in [0.2, 0.25) is 0 Å². The van der Waals surface area contributed by atoms with E-state index in [0.717, 1.165) is 6.42 Å². The molecular formula is C11H10Br2. The van der Waals surface area contributed by atoms with Crippen molar-refractivity contribution >= 4 is 37.9 Å². The summed E-state index contributed by atoms with van der Waals surface area (Å²) in [7, 11) is 0. The van der Waals surface area contributed by atoms with Gasteiger partial charge in [0.05, 0.1) is 0 Å². The molecule has 0 saturated heterocycles. The topological polar surface area (TPSA) is 0 Å². The van der Waals surface area contributed by atoms with Gasteiger partial charge < -0.3 is 0 Å². The molecule has 0 aromatic heterocycles. The van der Waals surface area contributed by atoms with Crippen LogP contribution in [0.5, 0.6) is 0 Å². The van der Waals surface area contributed by atoms with Crippen molar-refractivity contribution in [3.8, 4) is 0 Å². The molecule has 0 nitrogen and oxygen atoms in total. The fourth-order valence-electron chi connectivity index (χ4n) is 1.72. The van der Waals surface area contributed by atoms with E-state index in [1.807, 2.05) is 0 Å². The molecule has 1 aliphatic rings. The Labute approximate surface area is 95.3 Å². The van der Waals surface area contributed by atoms with Crippen molar-refractivity contribution in [3.05, 3.63) is 37.3 Å². The summed E-state index contributed by atoms with van der Waals surface area (Å²) < 4.78 is 2.47. The minimum absolute atomic E-state index is 1.08. The molecule has 2 heteroatoms. The Kier molecular flexibility index (Phi) is 2.37. The first-order valence-electron chi connectivity index (χ1n) is 4.24. The van der Waals surface area contributed by atoms with E-state index in [2.05, 4.69) is 57.8 Å². The quantitative estimate of drug-likeness (QED) is 0.663. The van der Waals surface area contributed by atoms with Crippen molar-refractivity contribution in [1.82, 2.24) is 0 Å². The van der Waals surface area contributed by atoms with E-state index in [-0.39, 0.29) is 0 Å². The molecule has 0 bridgehead atoms. The van der Waals surface area contributed by atoms with Gasteiger partial charge in [-0.05, 0) is 59.0 Å². The highest BCUT2D eigenvalue weighted by Crippen LogP contribution is 2.37. The lowest BCUT2D eigenvalue weighted by Crippen LogP contribution is -1.89. The van der Waals surface area contributed by atoms with Crippen LogP contribution in [-0.4, -0.2) is 0 Å². The Morgan fingerprint density at radius 1 is 1.23 bits per heavy atom. The van der Waals surface area contributed by atoms with Crippen LogP contribution in [0.1, 0.15) is 23.6 Å². The molecule has 0 saturated carbocycles. The minimum atomic E-state index is 1.08. The molecule has 68 valence electrons. The molecular weight excluding hydrogens is 292 g/mol. The van der Waals surface area contributed by atoms with E-state index in [0.29, 0.717) is 0 Å². The second-order valence-corrected chi connectivity index (χ2v) is 5.20. The maximum Gasteiger partial charge on any atom is 0.0280 e. The summed E-state index contributed by atoms with van der Waals surface area (Å²) in [5.41, 5.74) is 5.48. The van der Waals surface area contributed by atoms with Gasteiger partial charge in [-0.15, -0.1) is 0 Å². The Bertz CT molecular complexity index is 403. The molecule has 2 rings (SSSR count). The predicted octanol–water partition coefficient (Wildman–Crippen LogP) is 4.48. The van der Waals surface area contributed by atoms with Crippen LogP contribution in [0.4, 0.5) is 0 Å². The molecule has 0 heterocycles. The Balaban J connectivity index is 2.71. The zero-order chi connectivity index (χ0) is 9.59. The molecule has 0 spiro atoms. The highest BCUT2D eigenvalue weighted by molar-refractivity contribution is 9.11. The average molecular weight is 302 g/mol. The minimum Gasteiger partial charge on any atom is -0.0682 e. The number of rotatable bonds is 0. The van der Waals surface area contributed by atoms with Gasteiger partial charge in [0, 0.05) is 8.95 Å². The normalized spacial score (nSPS) is 14.3. The average Bonchev–Trinajstić information content (AvgIpc) is 2.44. The van der Waals surface area contributed by atoms with E-state index in [4.69, 9.17) is 0 Å². The van der Waals surface area contributed by atoms with Crippen LogP contribution in [0.25, 0.3) is 6.08 Å². The van der Waals surface area contributed by atoms with Crippen molar-refractivity contribution in [2.24, 2.45) is 0 Å². The number of hydrogen-bond acceptors (Lipinski definition) is 0. The van der Waals surface area contributed by atoms with E-state index in [1.165, 1.54) is 31.2 Å².